The lowest BCUT2D eigenvalue weighted by Gasteiger charge is -2.07. The van der Waals surface area contributed by atoms with E-state index in [0.29, 0.717) is 0 Å². The Hall–Kier alpha value is -2.68. The van der Waals surface area contributed by atoms with E-state index in [2.05, 4.69) is 5.32 Å². The Morgan fingerprint density at radius 1 is 0.632 bits per heavy atom. The molecule has 2 rings (SSSR count). The van der Waals surface area contributed by atoms with Crippen molar-refractivity contribution in [3.8, 4) is 0 Å². The highest BCUT2D eigenvalue weighted by Crippen LogP contribution is 2.18. The van der Waals surface area contributed by atoms with Crippen molar-refractivity contribution in [2.75, 3.05) is 5.32 Å². The van der Waals surface area contributed by atoms with Crippen LogP contribution in [0.4, 0.5) is 11.4 Å². The van der Waals surface area contributed by atoms with E-state index in [1.165, 1.54) is 12.4 Å². The minimum atomic E-state index is 1.04. The summed E-state index contributed by atoms with van der Waals surface area (Å²) in [6.07, 6.45) is 6.79. The Bertz CT molecular complexity index is 512. The van der Waals surface area contributed by atoms with Gasteiger partial charge in [0.15, 0.2) is 0 Å². The van der Waals surface area contributed by atoms with Crippen molar-refractivity contribution in [1.29, 1.82) is 0 Å². The van der Waals surface area contributed by atoms with Crippen molar-refractivity contribution >= 4 is 23.5 Å². The molecular weight excluding hydrogens is 234 g/mol. The fraction of sp³-hybridized carbons (Fsp3) is 0. The Balaban J connectivity index is 2.07. The van der Waals surface area contributed by atoms with Gasteiger partial charge in [-0.15, -0.1) is 0 Å². The fourth-order valence-electron chi connectivity index (χ4n) is 1.74. The molecule has 0 spiro atoms. The standard InChI is InChI=1S/C16H17N3/c17-11-9-13-1-5-15(6-2-13)19-16-7-3-14(4-8-16)10-12-18/h1-12,19H,17-18H2. The summed E-state index contributed by atoms with van der Waals surface area (Å²) in [6.45, 7) is 0. The number of benzene rings is 2. The molecular formula is C16H17N3. The Morgan fingerprint density at radius 2 is 1.00 bits per heavy atom. The van der Waals surface area contributed by atoms with E-state index in [9.17, 15) is 0 Å². The SMILES string of the molecule is NC=Cc1ccc(Nc2ccc(C=CN)cc2)cc1. The van der Waals surface area contributed by atoms with E-state index >= 15 is 0 Å². The normalized spacial score (nSPS) is 11.2. The minimum absolute atomic E-state index is 1.04. The summed E-state index contributed by atoms with van der Waals surface area (Å²) >= 11 is 0. The first-order chi connectivity index (χ1) is 9.31. The molecule has 0 aliphatic rings. The number of nitrogens with one attached hydrogen (secondary N) is 1. The third-order valence-electron chi connectivity index (χ3n) is 2.69. The highest BCUT2D eigenvalue weighted by molar-refractivity contribution is 5.64. The van der Waals surface area contributed by atoms with Gasteiger partial charge in [-0.05, 0) is 59.9 Å². The minimum Gasteiger partial charge on any atom is -0.405 e. The molecule has 3 nitrogen and oxygen atoms in total. The van der Waals surface area contributed by atoms with E-state index in [-0.39, 0.29) is 0 Å². The first-order valence-electron chi connectivity index (χ1n) is 6.05. The third-order valence-corrected chi connectivity index (χ3v) is 2.69. The van der Waals surface area contributed by atoms with Crippen LogP contribution in [0.15, 0.2) is 60.9 Å². The number of rotatable bonds is 4. The summed E-state index contributed by atoms with van der Waals surface area (Å²) in [5, 5.41) is 3.33. The van der Waals surface area contributed by atoms with Gasteiger partial charge in [0.25, 0.3) is 0 Å². The predicted octanol–water partition coefficient (Wildman–Crippen LogP) is 3.29. The molecule has 0 fully saturated rings. The molecule has 5 N–H and O–H groups in total. The van der Waals surface area contributed by atoms with Crippen molar-refractivity contribution in [3.05, 3.63) is 72.1 Å². The van der Waals surface area contributed by atoms with Crippen LogP contribution in [0.3, 0.4) is 0 Å². The molecule has 0 saturated carbocycles. The molecule has 2 aromatic carbocycles. The maximum Gasteiger partial charge on any atom is 0.0384 e. The van der Waals surface area contributed by atoms with Crippen LogP contribution >= 0.6 is 0 Å². The maximum absolute atomic E-state index is 5.35. The van der Waals surface area contributed by atoms with Gasteiger partial charge in [0.1, 0.15) is 0 Å². The zero-order valence-corrected chi connectivity index (χ0v) is 10.6. The van der Waals surface area contributed by atoms with E-state index in [1.807, 2.05) is 60.7 Å². The largest absolute Gasteiger partial charge is 0.405 e. The topological polar surface area (TPSA) is 64.1 Å². The lowest BCUT2D eigenvalue weighted by Crippen LogP contribution is -1.90. The van der Waals surface area contributed by atoms with Crippen molar-refractivity contribution < 1.29 is 0 Å². The van der Waals surface area contributed by atoms with Gasteiger partial charge in [0.2, 0.25) is 0 Å². The average molecular weight is 251 g/mol. The van der Waals surface area contributed by atoms with Crippen LogP contribution in [0.1, 0.15) is 11.1 Å². The van der Waals surface area contributed by atoms with Gasteiger partial charge in [-0.1, -0.05) is 24.3 Å². The Morgan fingerprint density at radius 3 is 1.32 bits per heavy atom. The molecule has 0 bridgehead atoms. The molecule has 0 aliphatic heterocycles. The first kappa shape index (κ1) is 12.8. The molecule has 0 amide bonds. The average Bonchev–Trinajstić information content (AvgIpc) is 2.44. The number of anilines is 2. The van der Waals surface area contributed by atoms with Crippen molar-refractivity contribution in [2.24, 2.45) is 11.5 Å². The monoisotopic (exact) mass is 251 g/mol. The lowest BCUT2D eigenvalue weighted by atomic mass is 10.2. The van der Waals surface area contributed by atoms with Gasteiger partial charge in [-0.2, -0.15) is 0 Å². The van der Waals surface area contributed by atoms with Crippen LogP contribution in [0, 0.1) is 0 Å². The van der Waals surface area contributed by atoms with Crippen molar-refractivity contribution in [1.82, 2.24) is 0 Å². The molecule has 0 aromatic heterocycles. The van der Waals surface area contributed by atoms with E-state index in [0.717, 1.165) is 22.5 Å². The molecule has 0 saturated heterocycles. The molecule has 19 heavy (non-hydrogen) atoms. The second-order valence-corrected chi connectivity index (χ2v) is 4.09. The van der Waals surface area contributed by atoms with E-state index in [4.69, 9.17) is 11.5 Å². The summed E-state index contributed by atoms with van der Waals surface area (Å²) in [6, 6.07) is 16.1. The molecule has 0 aliphatic carbocycles. The summed E-state index contributed by atoms with van der Waals surface area (Å²) in [5.74, 6) is 0. The zero-order valence-electron chi connectivity index (χ0n) is 10.6. The smallest absolute Gasteiger partial charge is 0.0384 e. The Kier molecular flexibility index (Phi) is 4.24. The van der Waals surface area contributed by atoms with Gasteiger partial charge in [-0.3, -0.25) is 0 Å². The van der Waals surface area contributed by atoms with Gasteiger partial charge in [0.05, 0.1) is 0 Å². The highest BCUT2D eigenvalue weighted by atomic mass is 14.9. The summed E-state index contributed by atoms with van der Waals surface area (Å²) in [5.41, 5.74) is 14.9. The predicted molar refractivity (Wildman–Crippen MR) is 82.6 cm³/mol. The summed E-state index contributed by atoms with van der Waals surface area (Å²) in [7, 11) is 0. The van der Waals surface area contributed by atoms with Gasteiger partial charge in [-0.25, -0.2) is 0 Å². The summed E-state index contributed by atoms with van der Waals surface area (Å²) in [4.78, 5) is 0. The molecule has 0 atom stereocenters. The van der Waals surface area contributed by atoms with Gasteiger partial charge >= 0.3 is 0 Å². The third kappa shape index (κ3) is 3.64. The number of hydrogen-bond donors (Lipinski definition) is 3. The van der Waals surface area contributed by atoms with Gasteiger partial charge in [0, 0.05) is 11.4 Å². The quantitative estimate of drug-likeness (QED) is 0.781. The molecule has 0 heterocycles. The molecule has 0 unspecified atom stereocenters. The van der Waals surface area contributed by atoms with Crippen LogP contribution in [0.25, 0.3) is 12.2 Å². The van der Waals surface area contributed by atoms with Crippen molar-refractivity contribution in [2.45, 2.75) is 0 Å². The van der Waals surface area contributed by atoms with Crippen LogP contribution in [0.2, 0.25) is 0 Å². The van der Waals surface area contributed by atoms with E-state index < -0.39 is 0 Å². The Labute approximate surface area is 113 Å². The van der Waals surface area contributed by atoms with E-state index in [1.54, 1.807) is 0 Å². The maximum atomic E-state index is 5.35. The number of hydrogen-bond acceptors (Lipinski definition) is 3. The number of nitrogens with two attached hydrogens (primary N) is 2. The second-order valence-electron chi connectivity index (χ2n) is 4.09. The van der Waals surface area contributed by atoms with Crippen LogP contribution in [-0.4, -0.2) is 0 Å². The lowest BCUT2D eigenvalue weighted by molar-refractivity contribution is 1.52. The summed E-state index contributed by atoms with van der Waals surface area (Å²) < 4.78 is 0. The second kappa shape index (κ2) is 6.31. The first-order valence-corrected chi connectivity index (χ1v) is 6.05. The van der Waals surface area contributed by atoms with Crippen LogP contribution in [0.5, 0.6) is 0 Å². The fourth-order valence-corrected chi connectivity index (χ4v) is 1.74. The van der Waals surface area contributed by atoms with Gasteiger partial charge < -0.3 is 16.8 Å². The van der Waals surface area contributed by atoms with Crippen molar-refractivity contribution in [3.63, 3.8) is 0 Å². The molecule has 2 aromatic rings. The molecule has 96 valence electrons. The molecule has 3 heteroatoms. The molecule has 0 radical (unpaired) electrons. The van der Waals surface area contributed by atoms with Crippen LogP contribution in [-0.2, 0) is 0 Å². The zero-order chi connectivity index (χ0) is 13.5. The van der Waals surface area contributed by atoms with Crippen LogP contribution < -0.4 is 16.8 Å². The highest BCUT2D eigenvalue weighted by Gasteiger charge is 1.95.